The van der Waals surface area contributed by atoms with Crippen LogP contribution in [0, 0.1) is 0 Å². The molecule has 4 rings (SSSR count). The average molecular weight is 463 g/mol. The number of carbonyl (C=O) groups is 1. The molecule has 1 aromatic carbocycles. The number of anilines is 1. The number of hydrogen-bond acceptors (Lipinski definition) is 5. The number of nitrogens with zero attached hydrogens (tertiary/aromatic N) is 3. The highest BCUT2D eigenvalue weighted by atomic mass is 79.9. The maximum Gasteiger partial charge on any atom is 0.234 e. The van der Waals surface area contributed by atoms with Crippen molar-refractivity contribution in [1.29, 1.82) is 0 Å². The molecule has 0 radical (unpaired) electrons. The first-order valence-corrected chi connectivity index (χ1v) is 11.4. The lowest BCUT2D eigenvalue weighted by Crippen LogP contribution is -2.14. The third-order valence-electron chi connectivity index (χ3n) is 4.60. The van der Waals surface area contributed by atoms with Gasteiger partial charge in [-0.3, -0.25) is 4.79 Å². The Morgan fingerprint density at radius 3 is 2.85 bits per heavy atom. The summed E-state index contributed by atoms with van der Waals surface area (Å²) in [6, 6.07) is 7.54. The molecule has 5 nitrogen and oxygen atoms in total. The maximum absolute atomic E-state index is 12.2. The fraction of sp³-hybridized carbons (Fsp3) is 0.316. The van der Waals surface area contributed by atoms with Crippen LogP contribution in [0.5, 0.6) is 0 Å². The Morgan fingerprint density at radius 1 is 1.26 bits per heavy atom. The summed E-state index contributed by atoms with van der Waals surface area (Å²) in [5.74, 6) is 1.13. The summed E-state index contributed by atoms with van der Waals surface area (Å²) >= 11 is 6.62. The van der Waals surface area contributed by atoms with Crippen molar-refractivity contribution >= 4 is 50.6 Å². The summed E-state index contributed by atoms with van der Waals surface area (Å²) in [7, 11) is 1.97. The van der Waals surface area contributed by atoms with Gasteiger partial charge in [0.2, 0.25) is 5.91 Å². The Kier molecular flexibility index (Phi) is 5.66. The Labute approximate surface area is 174 Å². The molecular formula is C19H19BrN4OS2. The second kappa shape index (κ2) is 8.16. The van der Waals surface area contributed by atoms with Crippen LogP contribution < -0.4 is 5.32 Å². The highest BCUT2D eigenvalue weighted by Gasteiger charge is 2.21. The van der Waals surface area contributed by atoms with E-state index in [1.807, 2.05) is 47.2 Å². The molecule has 2 heterocycles. The zero-order valence-electron chi connectivity index (χ0n) is 14.9. The van der Waals surface area contributed by atoms with Crippen LogP contribution in [0.4, 0.5) is 5.69 Å². The van der Waals surface area contributed by atoms with Crippen LogP contribution in [0.25, 0.3) is 11.4 Å². The predicted octanol–water partition coefficient (Wildman–Crippen LogP) is 4.92. The van der Waals surface area contributed by atoms with Crippen LogP contribution in [0.1, 0.15) is 23.3 Å². The summed E-state index contributed by atoms with van der Waals surface area (Å²) in [4.78, 5) is 13.7. The third kappa shape index (κ3) is 4.12. The number of thioether (sulfide) groups is 1. The fourth-order valence-electron chi connectivity index (χ4n) is 3.22. The molecule has 3 aromatic rings. The normalized spacial score (nSPS) is 13.4. The van der Waals surface area contributed by atoms with Crippen LogP contribution >= 0.6 is 39.0 Å². The van der Waals surface area contributed by atoms with Gasteiger partial charge in [-0.2, -0.15) is 0 Å². The number of thiophene rings is 1. The van der Waals surface area contributed by atoms with E-state index in [1.165, 1.54) is 47.0 Å². The molecular weight excluding hydrogens is 444 g/mol. The van der Waals surface area contributed by atoms with Crippen molar-refractivity contribution in [2.75, 3.05) is 11.1 Å². The number of benzene rings is 1. The highest BCUT2D eigenvalue weighted by molar-refractivity contribution is 9.10. The minimum atomic E-state index is -0.0558. The topological polar surface area (TPSA) is 59.8 Å². The first-order chi connectivity index (χ1) is 13.1. The SMILES string of the molecule is Cn1c(SCC(=O)Nc2ccc(Br)cc2)nnc1-c1csc2c1CCCC2. The smallest absolute Gasteiger partial charge is 0.234 e. The monoisotopic (exact) mass is 462 g/mol. The van der Waals surface area contributed by atoms with Crippen molar-refractivity contribution in [3.05, 3.63) is 44.6 Å². The van der Waals surface area contributed by atoms with Gasteiger partial charge in [0.05, 0.1) is 5.75 Å². The quantitative estimate of drug-likeness (QED) is 0.546. The molecule has 0 fully saturated rings. The first-order valence-electron chi connectivity index (χ1n) is 8.79. The second-order valence-corrected chi connectivity index (χ2v) is 9.29. The summed E-state index contributed by atoms with van der Waals surface area (Å²) in [5.41, 5.74) is 3.43. The van der Waals surface area contributed by atoms with E-state index in [9.17, 15) is 4.79 Å². The van der Waals surface area contributed by atoms with Crippen molar-refractivity contribution in [3.8, 4) is 11.4 Å². The van der Waals surface area contributed by atoms with Crippen LogP contribution in [0.15, 0.2) is 39.3 Å². The van der Waals surface area contributed by atoms with Crippen molar-refractivity contribution in [3.63, 3.8) is 0 Å². The molecule has 140 valence electrons. The molecule has 8 heteroatoms. The number of nitrogens with one attached hydrogen (secondary N) is 1. The summed E-state index contributed by atoms with van der Waals surface area (Å²) in [6.07, 6.45) is 4.82. The van der Waals surface area contributed by atoms with Crippen molar-refractivity contribution in [2.24, 2.45) is 7.05 Å². The van der Waals surface area contributed by atoms with E-state index < -0.39 is 0 Å². The van der Waals surface area contributed by atoms with E-state index in [2.05, 4.69) is 36.8 Å². The van der Waals surface area contributed by atoms with E-state index in [0.29, 0.717) is 5.75 Å². The van der Waals surface area contributed by atoms with Gasteiger partial charge in [-0.15, -0.1) is 21.5 Å². The molecule has 0 unspecified atom stereocenters. The third-order valence-corrected chi connectivity index (χ3v) is 7.24. The van der Waals surface area contributed by atoms with E-state index in [-0.39, 0.29) is 5.91 Å². The Morgan fingerprint density at radius 2 is 2.04 bits per heavy atom. The van der Waals surface area contributed by atoms with Gasteiger partial charge in [-0.25, -0.2) is 0 Å². The van der Waals surface area contributed by atoms with E-state index >= 15 is 0 Å². The minimum absolute atomic E-state index is 0.0558. The van der Waals surface area contributed by atoms with Gasteiger partial charge in [-0.1, -0.05) is 27.7 Å². The molecule has 0 bridgehead atoms. The number of rotatable bonds is 5. The van der Waals surface area contributed by atoms with Gasteiger partial charge in [0.1, 0.15) is 0 Å². The average Bonchev–Trinajstić information content (AvgIpc) is 3.25. The molecule has 0 spiro atoms. The van der Waals surface area contributed by atoms with Crippen molar-refractivity contribution in [2.45, 2.75) is 30.8 Å². The molecule has 1 amide bonds. The van der Waals surface area contributed by atoms with Crippen molar-refractivity contribution in [1.82, 2.24) is 14.8 Å². The van der Waals surface area contributed by atoms with Gasteiger partial charge in [0, 0.05) is 33.0 Å². The van der Waals surface area contributed by atoms with Gasteiger partial charge in [0.15, 0.2) is 11.0 Å². The molecule has 27 heavy (non-hydrogen) atoms. The van der Waals surface area contributed by atoms with Gasteiger partial charge < -0.3 is 9.88 Å². The lowest BCUT2D eigenvalue weighted by atomic mass is 9.96. The zero-order valence-corrected chi connectivity index (χ0v) is 18.1. The molecule has 0 saturated heterocycles. The van der Waals surface area contributed by atoms with Crippen molar-refractivity contribution < 1.29 is 4.79 Å². The molecule has 1 aliphatic rings. The Hall–Kier alpha value is -1.64. The number of aromatic nitrogens is 3. The standard InChI is InChI=1S/C19H19BrN4OS2/c1-24-18(15-10-26-16-5-3-2-4-14(15)16)22-23-19(24)27-11-17(25)21-13-8-6-12(20)7-9-13/h6-10H,2-5,11H2,1H3,(H,21,25). The van der Waals surface area contributed by atoms with Crippen LogP contribution in [-0.2, 0) is 24.7 Å². The number of hydrogen-bond donors (Lipinski definition) is 1. The van der Waals surface area contributed by atoms with E-state index in [1.54, 1.807) is 0 Å². The molecule has 1 aliphatic carbocycles. The van der Waals surface area contributed by atoms with Crippen LogP contribution in [0.3, 0.4) is 0 Å². The lowest BCUT2D eigenvalue weighted by molar-refractivity contribution is -0.113. The minimum Gasteiger partial charge on any atom is -0.325 e. The highest BCUT2D eigenvalue weighted by Crippen LogP contribution is 2.36. The lowest BCUT2D eigenvalue weighted by Gasteiger charge is -2.12. The number of carbonyl (C=O) groups excluding carboxylic acids is 1. The fourth-order valence-corrected chi connectivity index (χ4v) is 5.32. The van der Waals surface area contributed by atoms with Gasteiger partial charge in [-0.05, 0) is 55.5 Å². The number of amides is 1. The molecule has 0 aliphatic heterocycles. The van der Waals surface area contributed by atoms with Crippen LogP contribution in [0.2, 0.25) is 0 Å². The summed E-state index contributed by atoms with van der Waals surface area (Å²) in [5, 5.41) is 14.6. The van der Waals surface area contributed by atoms with Gasteiger partial charge >= 0.3 is 0 Å². The second-order valence-electron chi connectivity index (χ2n) is 6.47. The predicted molar refractivity (Wildman–Crippen MR) is 114 cm³/mol. The first kappa shape index (κ1) is 18.7. The summed E-state index contributed by atoms with van der Waals surface area (Å²) < 4.78 is 2.98. The van der Waals surface area contributed by atoms with E-state index in [0.717, 1.165) is 27.6 Å². The van der Waals surface area contributed by atoms with Crippen LogP contribution in [-0.4, -0.2) is 26.4 Å². The maximum atomic E-state index is 12.2. The molecule has 0 saturated carbocycles. The zero-order chi connectivity index (χ0) is 18.8. The van der Waals surface area contributed by atoms with Gasteiger partial charge in [0.25, 0.3) is 0 Å². The Balaban J connectivity index is 1.43. The largest absolute Gasteiger partial charge is 0.325 e. The number of aryl methyl sites for hydroxylation is 1. The van der Waals surface area contributed by atoms with E-state index in [4.69, 9.17) is 0 Å². The summed E-state index contributed by atoms with van der Waals surface area (Å²) in [6.45, 7) is 0. The molecule has 1 N–H and O–H groups in total. The Bertz CT molecular complexity index is 965. The molecule has 2 aromatic heterocycles. The number of fused-ring (bicyclic) bond motifs is 1. The number of halogens is 1. The molecule has 0 atom stereocenters.